The van der Waals surface area contributed by atoms with E-state index in [4.69, 9.17) is 9.72 Å². The van der Waals surface area contributed by atoms with Gasteiger partial charge >= 0.3 is 0 Å². The maximum Gasteiger partial charge on any atom is 0.160 e. The fourth-order valence-electron chi connectivity index (χ4n) is 6.34. The van der Waals surface area contributed by atoms with E-state index in [-0.39, 0.29) is 11.5 Å². The lowest BCUT2D eigenvalue weighted by atomic mass is 9.43. The third kappa shape index (κ3) is 2.73. The van der Waals surface area contributed by atoms with Crippen molar-refractivity contribution in [1.82, 2.24) is 14.5 Å². The van der Waals surface area contributed by atoms with Gasteiger partial charge < -0.3 is 14.4 Å². The summed E-state index contributed by atoms with van der Waals surface area (Å²) in [4.78, 5) is 9.51. The molecule has 4 fully saturated rings. The molecule has 2 aromatic heterocycles. The molecule has 4 aliphatic carbocycles. The van der Waals surface area contributed by atoms with E-state index < -0.39 is 5.60 Å². The van der Waals surface area contributed by atoms with Gasteiger partial charge in [-0.2, -0.15) is 0 Å². The van der Waals surface area contributed by atoms with Crippen molar-refractivity contribution >= 4 is 11.2 Å². The summed E-state index contributed by atoms with van der Waals surface area (Å²) >= 11 is 0. The SMILES string of the molecule is CC1(C)[C@@H]2C[C@@H](OCc3nc4cccnc4n3C3CCCCC3)[C@@](C)(O)[C@H]1C2. The van der Waals surface area contributed by atoms with Gasteiger partial charge in [-0.25, -0.2) is 9.97 Å². The molecule has 0 amide bonds. The van der Waals surface area contributed by atoms with Crippen molar-refractivity contribution in [2.45, 2.75) is 90.1 Å². The van der Waals surface area contributed by atoms with Crippen molar-refractivity contribution in [3.8, 4) is 0 Å². The first kappa shape index (κ1) is 18.6. The Morgan fingerprint density at radius 3 is 2.68 bits per heavy atom. The average Bonchev–Trinajstić information content (AvgIpc) is 3.05. The van der Waals surface area contributed by atoms with Crippen LogP contribution in [0.25, 0.3) is 11.2 Å². The van der Waals surface area contributed by atoms with Crippen LogP contribution >= 0.6 is 0 Å². The number of ether oxygens (including phenoxy) is 1. The normalized spacial score (nSPS) is 35.1. The topological polar surface area (TPSA) is 60.2 Å². The highest BCUT2D eigenvalue weighted by atomic mass is 16.5. The molecule has 4 atom stereocenters. The van der Waals surface area contributed by atoms with Crippen molar-refractivity contribution in [3.63, 3.8) is 0 Å². The Kier molecular flexibility index (Phi) is 4.33. The second-order valence-corrected chi connectivity index (χ2v) is 10.1. The molecule has 2 heterocycles. The molecule has 0 unspecified atom stereocenters. The van der Waals surface area contributed by atoms with Gasteiger partial charge in [0.05, 0.1) is 11.7 Å². The lowest BCUT2D eigenvalue weighted by Crippen LogP contribution is -2.66. The first-order valence-corrected chi connectivity index (χ1v) is 11.0. The molecule has 0 aromatic carbocycles. The van der Waals surface area contributed by atoms with Crippen LogP contribution in [0.2, 0.25) is 0 Å². The summed E-state index contributed by atoms with van der Waals surface area (Å²) in [7, 11) is 0. The fraction of sp³-hybridized carbons (Fsp3) is 0.739. The zero-order chi connectivity index (χ0) is 19.5. The number of aliphatic hydroxyl groups is 1. The van der Waals surface area contributed by atoms with E-state index in [1.54, 1.807) is 0 Å². The van der Waals surface area contributed by atoms with Crippen molar-refractivity contribution in [2.75, 3.05) is 0 Å². The van der Waals surface area contributed by atoms with E-state index in [0.29, 0.717) is 24.5 Å². The molecule has 6 rings (SSSR count). The molecule has 0 spiro atoms. The monoisotopic (exact) mass is 383 g/mol. The minimum Gasteiger partial charge on any atom is -0.387 e. The Bertz CT molecular complexity index is 866. The third-order valence-corrected chi connectivity index (χ3v) is 8.20. The molecule has 0 radical (unpaired) electrons. The second-order valence-electron chi connectivity index (χ2n) is 10.1. The number of imidazole rings is 1. The summed E-state index contributed by atoms with van der Waals surface area (Å²) in [5, 5.41) is 11.2. The summed E-state index contributed by atoms with van der Waals surface area (Å²) < 4.78 is 8.71. The number of rotatable bonds is 4. The fourth-order valence-corrected chi connectivity index (χ4v) is 6.34. The van der Waals surface area contributed by atoms with Crippen molar-refractivity contribution in [2.24, 2.45) is 17.3 Å². The molecule has 5 nitrogen and oxygen atoms in total. The summed E-state index contributed by atoms with van der Waals surface area (Å²) in [5.41, 5.74) is 1.39. The lowest BCUT2D eigenvalue weighted by Gasteiger charge is -2.64. The smallest absolute Gasteiger partial charge is 0.160 e. The van der Waals surface area contributed by atoms with Crippen molar-refractivity contribution in [3.05, 3.63) is 24.2 Å². The molecule has 0 aliphatic heterocycles. The first-order valence-electron chi connectivity index (χ1n) is 11.0. The quantitative estimate of drug-likeness (QED) is 0.836. The molecule has 4 aliphatic rings. The molecule has 5 heteroatoms. The van der Waals surface area contributed by atoms with E-state index >= 15 is 0 Å². The summed E-state index contributed by atoms with van der Waals surface area (Å²) in [5.74, 6) is 1.94. The Balaban J connectivity index is 1.40. The van der Waals surface area contributed by atoms with E-state index in [9.17, 15) is 5.11 Å². The highest BCUT2D eigenvalue weighted by Crippen LogP contribution is 2.63. The highest BCUT2D eigenvalue weighted by Gasteiger charge is 2.63. The van der Waals surface area contributed by atoms with Crippen molar-refractivity contribution in [1.29, 1.82) is 0 Å². The van der Waals surface area contributed by atoms with Crippen LogP contribution in [0.3, 0.4) is 0 Å². The number of aromatic nitrogens is 3. The van der Waals surface area contributed by atoms with Gasteiger partial charge in [-0.3, -0.25) is 0 Å². The van der Waals surface area contributed by atoms with Crippen LogP contribution in [0, 0.1) is 17.3 Å². The van der Waals surface area contributed by atoms with E-state index in [2.05, 4.69) is 23.4 Å². The van der Waals surface area contributed by atoms with Crippen LogP contribution in [-0.4, -0.2) is 31.3 Å². The minimum atomic E-state index is -0.766. The van der Waals surface area contributed by atoms with Gasteiger partial charge in [0.1, 0.15) is 17.9 Å². The standard InChI is InChI=1S/C23H33N3O2/c1-22(2)15-12-18(22)23(3,27)19(13-15)28-14-20-25-17-10-7-11-24-21(17)26(20)16-8-5-4-6-9-16/h7,10-11,15-16,18-19,27H,4-6,8-9,12-14H2,1-3H3/t15-,18-,19+,23-/m0/s1. The van der Waals surface area contributed by atoms with E-state index in [1.165, 1.54) is 32.1 Å². The third-order valence-electron chi connectivity index (χ3n) is 8.20. The van der Waals surface area contributed by atoms with Gasteiger partial charge in [-0.1, -0.05) is 33.1 Å². The number of hydrogen-bond acceptors (Lipinski definition) is 4. The average molecular weight is 384 g/mol. The van der Waals surface area contributed by atoms with Crippen LogP contribution in [0.15, 0.2) is 18.3 Å². The zero-order valence-electron chi connectivity index (χ0n) is 17.4. The largest absolute Gasteiger partial charge is 0.387 e. The Hall–Kier alpha value is -1.46. The predicted molar refractivity (Wildman–Crippen MR) is 109 cm³/mol. The zero-order valence-corrected chi connectivity index (χ0v) is 17.4. The predicted octanol–water partition coefficient (Wildman–Crippen LogP) is 4.64. The Morgan fingerprint density at radius 1 is 1.18 bits per heavy atom. The van der Waals surface area contributed by atoms with Gasteiger partial charge in [0.15, 0.2) is 5.65 Å². The molecule has 4 saturated carbocycles. The molecule has 1 N–H and O–H groups in total. The molecule has 2 bridgehead atoms. The summed E-state index contributed by atoms with van der Waals surface area (Å²) in [6.07, 6.45) is 10.1. The van der Waals surface area contributed by atoms with Crippen LogP contribution in [0.4, 0.5) is 0 Å². The van der Waals surface area contributed by atoms with Crippen LogP contribution < -0.4 is 0 Å². The number of hydrogen-bond donors (Lipinski definition) is 1. The Morgan fingerprint density at radius 2 is 1.96 bits per heavy atom. The molecule has 0 saturated heterocycles. The highest BCUT2D eigenvalue weighted by molar-refractivity contribution is 5.71. The maximum atomic E-state index is 11.2. The molecule has 28 heavy (non-hydrogen) atoms. The van der Waals surface area contributed by atoms with E-state index in [0.717, 1.165) is 29.8 Å². The van der Waals surface area contributed by atoms with Crippen LogP contribution in [0.5, 0.6) is 0 Å². The minimum absolute atomic E-state index is 0.114. The molecule has 152 valence electrons. The van der Waals surface area contributed by atoms with E-state index in [1.807, 2.05) is 25.3 Å². The van der Waals surface area contributed by atoms with Gasteiger partial charge in [0.25, 0.3) is 0 Å². The Labute approximate surface area is 167 Å². The number of nitrogens with zero attached hydrogens (tertiary/aromatic N) is 3. The summed E-state index contributed by atoms with van der Waals surface area (Å²) in [6.45, 7) is 7.02. The number of pyridine rings is 1. The first-order chi connectivity index (χ1) is 13.4. The van der Waals surface area contributed by atoms with Gasteiger partial charge in [-0.15, -0.1) is 0 Å². The second kappa shape index (κ2) is 6.53. The van der Waals surface area contributed by atoms with Crippen LogP contribution in [0.1, 0.15) is 77.6 Å². The maximum absolute atomic E-state index is 11.2. The molecular formula is C23H33N3O2. The van der Waals surface area contributed by atoms with Gasteiger partial charge in [-0.05, 0) is 62.0 Å². The molecule has 2 aromatic rings. The lowest BCUT2D eigenvalue weighted by molar-refractivity contribution is -0.260. The number of fused-ring (bicyclic) bond motifs is 3. The van der Waals surface area contributed by atoms with Crippen LogP contribution in [-0.2, 0) is 11.3 Å². The van der Waals surface area contributed by atoms with Gasteiger partial charge in [0, 0.05) is 12.2 Å². The van der Waals surface area contributed by atoms with Gasteiger partial charge in [0.2, 0.25) is 0 Å². The molecular weight excluding hydrogens is 350 g/mol. The summed E-state index contributed by atoms with van der Waals surface area (Å²) in [6, 6.07) is 4.46. The van der Waals surface area contributed by atoms with Crippen molar-refractivity contribution < 1.29 is 9.84 Å².